The highest BCUT2D eigenvalue weighted by Gasteiger charge is 2.04. The average Bonchev–Trinajstić information content (AvgIpc) is 1.95. The molecule has 0 aliphatic rings. The highest BCUT2D eigenvalue weighted by atomic mass is 79.9. The lowest BCUT2D eigenvalue weighted by Gasteiger charge is -1.96. The van der Waals surface area contributed by atoms with Gasteiger partial charge in [0.05, 0.1) is 10.7 Å². The number of nitrogens with zero attached hydrogens (tertiary/aromatic N) is 1. The second-order valence-corrected chi connectivity index (χ2v) is 2.66. The SMILES string of the molecule is Fc1c(Cl)ccnc1CBr. The third kappa shape index (κ3) is 1.47. The van der Waals surface area contributed by atoms with Gasteiger partial charge in [0.2, 0.25) is 0 Å². The summed E-state index contributed by atoms with van der Waals surface area (Å²) in [6, 6.07) is 1.42. The topological polar surface area (TPSA) is 12.9 Å². The van der Waals surface area contributed by atoms with Crippen LogP contribution in [0.25, 0.3) is 0 Å². The first-order valence-electron chi connectivity index (χ1n) is 2.60. The summed E-state index contributed by atoms with van der Waals surface area (Å²) in [5.41, 5.74) is 0.340. The largest absolute Gasteiger partial charge is 0.257 e. The minimum absolute atomic E-state index is 0.115. The van der Waals surface area contributed by atoms with E-state index in [2.05, 4.69) is 20.9 Å². The molecule has 1 aromatic rings. The monoisotopic (exact) mass is 223 g/mol. The number of pyridine rings is 1. The van der Waals surface area contributed by atoms with Crippen LogP contribution in [0.5, 0.6) is 0 Å². The molecule has 4 heteroatoms. The molecule has 0 aromatic carbocycles. The lowest BCUT2D eigenvalue weighted by Crippen LogP contribution is -1.90. The minimum Gasteiger partial charge on any atom is -0.257 e. The molecule has 0 saturated heterocycles. The normalized spacial score (nSPS) is 9.90. The Morgan fingerprint density at radius 2 is 2.40 bits per heavy atom. The van der Waals surface area contributed by atoms with Crippen LogP contribution in [0.3, 0.4) is 0 Å². The lowest BCUT2D eigenvalue weighted by molar-refractivity contribution is 0.609. The molecule has 10 heavy (non-hydrogen) atoms. The van der Waals surface area contributed by atoms with E-state index in [1.165, 1.54) is 12.3 Å². The zero-order valence-electron chi connectivity index (χ0n) is 4.94. The number of rotatable bonds is 1. The first-order chi connectivity index (χ1) is 4.75. The maximum atomic E-state index is 12.8. The van der Waals surface area contributed by atoms with Gasteiger partial charge in [0.15, 0.2) is 5.82 Å². The average molecular weight is 224 g/mol. The molecule has 0 spiro atoms. The van der Waals surface area contributed by atoms with Crippen molar-refractivity contribution in [2.45, 2.75) is 5.33 Å². The van der Waals surface area contributed by atoms with Crippen LogP contribution in [0.15, 0.2) is 12.3 Å². The van der Waals surface area contributed by atoms with Gasteiger partial charge in [0.1, 0.15) is 0 Å². The molecule has 0 unspecified atom stereocenters. The van der Waals surface area contributed by atoms with E-state index in [0.717, 1.165) is 0 Å². The summed E-state index contributed by atoms with van der Waals surface area (Å²) in [4.78, 5) is 3.75. The standard InChI is InChI=1S/C6H4BrClFN/c7-3-5-6(9)4(8)1-2-10-5/h1-2H,3H2. The van der Waals surface area contributed by atoms with E-state index in [1.54, 1.807) is 0 Å². The van der Waals surface area contributed by atoms with Gasteiger partial charge in [-0.2, -0.15) is 0 Å². The molecule has 1 nitrogen and oxygen atoms in total. The Kier molecular flexibility index (Phi) is 2.63. The van der Waals surface area contributed by atoms with Crippen molar-refractivity contribution in [1.29, 1.82) is 0 Å². The molecule has 54 valence electrons. The van der Waals surface area contributed by atoms with Crippen LogP contribution in [0.4, 0.5) is 4.39 Å². The molecular formula is C6H4BrClFN. The molecule has 1 rings (SSSR count). The number of hydrogen-bond acceptors (Lipinski definition) is 1. The van der Waals surface area contributed by atoms with Gasteiger partial charge < -0.3 is 0 Å². The van der Waals surface area contributed by atoms with Crippen LogP contribution < -0.4 is 0 Å². The maximum Gasteiger partial charge on any atom is 0.164 e. The molecule has 0 fully saturated rings. The molecular weight excluding hydrogens is 220 g/mol. The van der Waals surface area contributed by atoms with Crippen molar-refractivity contribution >= 4 is 27.5 Å². The van der Waals surface area contributed by atoms with Crippen LogP contribution in [-0.2, 0) is 5.33 Å². The molecule has 0 aliphatic carbocycles. The Bertz CT molecular complexity index is 241. The third-order valence-corrected chi connectivity index (χ3v) is 1.86. The van der Waals surface area contributed by atoms with Crippen LogP contribution in [0, 0.1) is 5.82 Å². The van der Waals surface area contributed by atoms with Gasteiger partial charge in [0.25, 0.3) is 0 Å². The summed E-state index contributed by atoms with van der Waals surface area (Å²) in [5, 5.41) is 0.504. The third-order valence-electron chi connectivity index (χ3n) is 1.04. The van der Waals surface area contributed by atoms with Crippen molar-refractivity contribution in [3.8, 4) is 0 Å². The van der Waals surface area contributed by atoms with Crippen LogP contribution >= 0.6 is 27.5 Å². The number of hydrogen-bond donors (Lipinski definition) is 0. The molecule has 0 atom stereocenters. The highest BCUT2D eigenvalue weighted by molar-refractivity contribution is 9.08. The van der Waals surface area contributed by atoms with Gasteiger partial charge in [-0.25, -0.2) is 4.39 Å². The zero-order chi connectivity index (χ0) is 7.56. The van der Waals surface area contributed by atoms with Crippen molar-refractivity contribution < 1.29 is 4.39 Å². The fourth-order valence-electron chi connectivity index (χ4n) is 0.554. The van der Waals surface area contributed by atoms with E-state index < -0.39 is 5.82 Å². The molecule has 0 aliphatic heterocycles. The Balaban J connectivity index is 3.14. The van der Waals surface area contributed by atoms with Crippen molar-refractivity contribution in [1.82, 2.24) is 4.98 Å². The molecule has 1 aromatic heterocycles. The van der Waals surface area contributed by atoms with E-state index in [9.17, 15) is 4.39 Å². The van der Waals surface area contributed by atoms with E-state index in [-0.39, 0.29) is 5.02 Å². The second-order valence-electron chi connectivity index (χ2n) is 1.69. The summed E-state index contributed by atoms with van der Waals surface area (Å²) in [6.45, 7) is 0. The summed E-state index contributed by atoms with van der Waals surface area (Å²) in [5.74, 6) is -0.443. The maximum absolute atomic E-state index is 12.8. The first-order valence-corrected chi connectivity index (χ1v) is 4.10. The van der Waals surface area contributed by atoms with Gasteiger partial charge in [-0.1, -0.05) is 27.5 Å². The Morgan fingerprint density at radius 3 is 2.90 bits per heavy atom. The van der Waals surface area contributed by atoms with Crippen molar-refractivity contribution in [2.75, 3.05) is 0 Å². The predicted octanol–water partition coefficient (Wildman–Crippen LogP) is 2.77. The van der Waals surface area contributed by atoms with Gasteiger partial charge in [-0.15, -0.1) is 0 Å². The van der Waals surface area contributed by atoms with Crippen molar-refractivity contribution in [2.24, 2.45) is 0 Å². The predicted molar refractivity (Wildman–Crippen MR) is 41.8 cm³/mol. The van der Waals surface area contributed by atoms with Crippen LogP contribution in [0.2, 0.25) is 5.02 Å². The van der Waals surface area contributed by atoms with Gasteiger partial charge >= 0.3 is 0 Å². The van der Waals surface area contributed by atoms with E-state index in [0.29, 0.717) is 11.0 Å². The molecule has 0 radical (unpaired) electrons. The summed E-state index contributed by atoms with van der Waals surface area (Å²) in [6.07, 6.45) is 1.47. The number of alkyl halides is 1. The van der Waals surface area contributed by atoms with Crippen molar-refractivity contribution in [3.63, 3.8) is 0 Å². The molecule has 0 bridgehead atoms. The van der Waals surface area contributed by atoms with Crippen molar-refractivity contribution in [3.05, 3.63) is 28.8 Å². The van der Waals surface area contributed by atoms with E-state index in [4.69, 9.17) is 11.6 Å². The quantitative estimate of drug-likeness (QED) is 0.669. The van der Waals surface area contributed by atoms with Gasteiger partial charge in [-0.05, 0) is 6.07 Å². The Labute approximate surface area is 71.4 Å². The molecule has 0 saturated carbocycles. The molecule has 0 amide bonds. The summed E-state index contributed by atoms with van der Waals surface area (Å²) < 4.78 is 12.8. The van der Waals surface area contributed by atoms with E-state index in [1.807, 2.05) is 0 Å². The summed E-state index contributed by atoms with van der Waals surface area (Å²) in [7, 11) is 0. The van der Waals surface area contributed by atoms with Gasteiger partial charge in [-0.3, -0.25) is 4.98 Å². The fraction of sp³-hybridized carbons (Fsp3) is 0.167. The highest BCUT2D eigenvalue weighted by Crippen LogP contribution is 2.16. The second kappa shape index (κ2) is 3.30. The van der Waals surface area contributed by atoms with Crippen LogP contribution in [-0.4, -0.2) is 4.98 Å². The van der Waals surface area contributed by atoms with Crippen LogP contribution in [0.1, 0.15) is 5.69 Å². The zero-order valence-corrected chi connectivity index (χ0v) is 7.28. The number of aromatic nitrogens is 1. The summed E-state index contributed by atoms with van der Waals surface area (Å²) >= 11 is 8.54. The first kappa shape index (κ1) is 7.95. The van der Waals surface area contributed by atoms with E-state index >= 15 is 0 Å². The molecule has 1 heterocycles. The smallest absolute Gasteiger partial charge is 0.164 e. The molecule has 0 N–H and O–H groups in total. The Morgan fingerprint density at radius 1 is 1.70 bits per heavy atom. The Hall–Kier alpha value is -0.150. The number of halogens is 3. The fourth-order valence-corrected chi connectivity index (χ4v) is 1.11. The lowest BCUT2D eigenvalue weighted by atomic mass is 10.4. The van der Waals surface area contributed by atoms with Gasteiger partial charge in [0, 0.05) is 11.5 Å². The minimum atomic E-state index is -0.443.